The molecule has 4 heteroatoms. The predicted octanol–water partition coefficient (Wildman–Crippen LogP) is 0.761. The van der Waals surface area contributed by atoms with Crippen LogP contribution in [-0.2, 0) is 0 Å². The van der Waals surface area contributed by atoms with Crippen molar-refractivity contribution in [1.29, 1.82) is 0 Å². The molecule has 1 aliphatic carbocycles. The molecule has 0 spiro atoms. The maximum absolute atomic E-state index is 9.98. The van der Waals surface area contributed by atoms with Gasteiger partial charge in [-0.2, -0.15) is 0 Å². The molecule has 1 atom stereocenters. The van der Waals surface area contributed by atoms with Gasteiger partial charge in [0.1, 0.15) is 0 Å². The molecule has 1 rings (SSSR count). The van der Waals surface area contributed by atoms with Gasteiger partial charge in [0.05, 0.1) is 6.10 Å². The summed E-state index contributed by atoms with van der Waals surface area (Å²) in [6, 6.07) is 0.435. The summed E-state index contributed by atoms with van der Waals surface area (Å²) in [5, 5.41) is 13.3. The lowest BCUT2D eigenvalue weighted by molar-refractivity contribution is 0.0148. The first-order valence-corrected chi connectivity index (χ1v) is 7.13. The third-order valence-electron chi connectivity index (χ3n) is 4.08. The van der Waals surface area contributed by atoms with Gasteiger partial charge < -0.3 is 20.2 Å². The van der Waals surface area contributed by atoms with Gasteiger partial charge in [-0.05, 0) is 40.4 Å². The molecule has 2 N–H and O–H groups in total. The van der Waals surface area contributed by atoms with Crippen molar-refractivity contribution in [2.45, 2.75) is 50.8 Å². The van der Waals surface area contributed by atoms with Crippen LogP contribution in [0.4, 0.5) is 0 Å². The molecule has 0 heterocycles. The highest BCUT2D eigenvalue weighted by Crippen LogP contribution is 2.36. The van der Waals surface area contributed by atoms with Crippen LogP contribution in [0.1, 0.15) is 33.1 Å². The van der Waals surface area contributed by atoms with Crippen LogP contribution < -0.4 is 5.32 Å². The van der Waals surface area contributed by atoms with Crippen LogP contribution in [0.25, 0.3) is 0 Å². The minimum atomic E-state index is -0.281. The molecule has 0 aromatic heterocycles. The van der Waals surface area contributed by atoms with Crippen LogP contribution in [0.5, 0.6) is 0 Å². The number of aliphatic hydroxyl groups excluding tert-OH is 1. The molecule has 1 saturated carbocycles. The summed E-state index contributed by atoms with van der Waals surface area (Å²) in [7, 11) is 6.45. The fourth-order valence-electron chi connectivity index (χ4n) is 2.69. The van der Waals surface area contributed by atoms with E-state index in [2.05, 4.69) is 50.1 Å². The number of nitrogens with zero attached hydrogens (tertiary/aromatic N) is 2. The number of likely N-dealkylation sites (N-methyl/N-ethyl adjacent to an activating group) is 2. The van der Waals surface area contributed by atoms with Gasteiger partial charge in [0.2, 0.25) is 0 Å². The molecular formula is C14H31N3O. The summed E-state index contributed by atoms with van der Waals surface area (Å²) in [6.07, 6.45) is 3.62. The van der Waals surface area contributed by atoms with Crippen molar-refractivity contribution in [3.05, 3.63) is 0 Å². The predicted molar refractivity (Wildman–Crippen MR) is 76.9 cm³/mol. The molecule has 4 nitrogen and oxygen atoms in total. The lowest BCUT2D eigenvalue weighted by atomic mass is 9.75. The Kier molecular flexibility index (Phi) is 6.05. The van der Waals surface area contributed by atoms with Gasteiger partial charge in [-0.1, -0.05) is 13.8 Å². The van der Waals surface area contributed by atoms with Gasteiger partial charge >= 0.3 is 0 Å². The highest BCUT2D eigenvalue weighted by Gasteiger charge is 2.39. The molecule has 0 aromatic carbocycles. The second kappa shape index (κ2) is 6.85. The maximum Gasteiger partial charge on any atom is 0.0791 e. The first kappa shape index (κ1) is 15.9. The molecule has 18 heavy (non-hydrogen) atoms. The summed E-state index contributed by atoms with van der Waals surface area (Å²) in [5.41, 5.74) is 0.347. The van der Waals surface area contributed by atoms with Gasteiger partial charge in [0, 0.05) is 31.2 Å². The van der Waals surface area contributed by atoms with Gasteiger partial charge in [-0.15, -0.1) is 0 Å². The van der Waals surface area contributed by atoms with Crippen LogP contribution in [0.15, 0.2) is 0 Å². The number of nitrogens with one attached hydrogen (secondary N) is 1. The first-order chi connectivity index (χ1) is 8.35. The van der Waals surface area contributed by atoms with Crippen LogP contribution in [0, 0.1) is 0 Å². The Morgan fingerprint density at radius 1 is 1.22 bits per heavy atom. The van der Waals surface area contributed by atoms with Crippen molar-refractivity contribution in [2.75, 3.05) is 40.8 Å². The number of rotatable bonds is 8. The standard InChI is InChI=1S/C14H31N3O/c1-12(2)15-9-13(18)10-17(5)11-14(16(3)4)7-6-8-14/h12-13,15,18H,6-11H2,1-5H3. The van der Waals surface area contributed by atoms with Crippen molar-refractivity contribution in [3.8, 4) is 0 Å². The average Bonchev–Trinajstić information content (AvgIpc) is 2.20. The third-order valence-corrected chi connectivity index (χ3v) is 4.08. The average molecular weight is 257 g/mol. The molecule has 1 unspecified atom stereocenters. The van der Waals surface area contributed by atoms with Crippen molar-refractivity contribution < 1.29 is 5.11 Å². The lowest BCUT2D eigenvalue weighted by Crippen LogP contribution is -2.57. The molecule has 0 aliphatic heterocycles. The summed E-state index contributed by atoms with van der Waals surface area (Å²) >= 11 is 0. The molecule has 0 radical (unpaired) electrons. The minimum absolute atomic E-state index is 0.281. The van der Waals surface area contributed by atoms with Crippen LogP contribution in [0.3, 0.4) is 0 Å². The quantitative estimate of drug-likeness (QED) is 0.673. The zero-order valence-electron chi connectivity index (χ0n) is 12.7. The summed E-state index contributed by atoms with van der Waals surface area (Å²) in [6.45, 7) is 6.68. The van der Waals surface area contributed by atoms with E-state index >= 15 is 0 Å². The Labute approximate surface area is 112 Å². The van der Waals surface area contributed by atoms with E-state index in [4.69, 9.17) is 0 Å². The largest absolute Gasteiger partial charge is 0.390 e. The Bertz CT molecular complexity index is 239. The smallest absolute Gasteiger partial charge is 0.0791 e. The van der Waals surface area contributed by atoms with Gasteiger partial charge in [0.15, 0.2) is 0 Å². The molecule has 1 fully saturated rings. The Balaban J connectivity index is 2.30. The van der Waals surface area contributed by atoms with Crippen molar-refractivity contribution in [3.63, 3.8) is 0 Å². The van der Waals surface area contributed by atoms with Crippen molar-refractivity contribution in [1.82, 2.24) is 15.1 Å². The van der Waals surface area contributed by atoms with E-state index < -0.39 is 0 Å². The minimum Gasteiger partial charge on any atom is -0.390 e. The highest BCUT2D eigenvalue weighted by atomic mass is 16.3. The number of hydrogen-bond donors (Lipinski definition) is 2. The normalized spacial score (nSPS) is 20.5. The van der Waals surface area contributed by atoms with Gasteiger partial charge in [-0.3, -0.25) is 0 Å². The van der Waals surface area contributed by atoms with E-state index in [9.17, 15) is 5.11 Å². The second-order valence-electron chi connectivity index (χ2n) is 6.39. The van der Waals surface area contributed by atoms with Crippen LogP contribution in [0.2, 0.25) is 0 Å². The van der Waals surface area contributed by atoms with E-state index in [1.54, 1.807) is 0 Å². The molecule has 108 valence electrons. The van der Waals surface area contributed by atoms with E-state index in [0.29, 0.717) is 18.1 Å². The molecule has 1 aliphatic rings. The lowest BCUT2D eigenvalue weighted by Gasteiger charge is -2.49. The van der Waals surface area contributed by atoms with E-state index in [-0.39, 0.29) is 6.10 Å². The topological polar surface area (TPSA) is 38.7 Å². The third kappa shape index (κ3) is 4.50. The fourth-order valence-corrected chi connectivity index (χ4v) is 2.69. The Morgan fingerprint density at radius 2 is 1.83 bits per heavy atom. The fraction of sp³-hybridized carbons (Fsp3) is 1.00. The van der Waals surface area contributed by atoms with Crippen molar-refractivity contribution >= 4 is 0 Å². The van der Waals surface area contributed by atoms with E-state index in [1.807, 2.05) is 0 Å². The van der Waals surface area contributed by atoms with Gasteiger partial charge in [-0.25, -0.2) is 0 Å². The molecular weight excluding hydrogens is 226 g/mol. The summed E-state index contributed by atoms with van der Waals surface area (Å²) < 4.78 is 0. The van der Waals surface area contributed by atoms with Gasteiger partial charge in [0.25, 0.3) is 0 Å². The molecule has 0 amide bonds. The second-order valence-corrected chi connectivity index (χ2v) is 6.39. The highest BCUT2D eigenvalue weighted by molar-refractivity contribution is 4.98. The maximum atomic E-state index is 9.98. The number of aliphatic hydroxyl groups is 1. The van der Waals surface area contributed by atoms with E-state index in [1.165, 1.54) is 19.3 Å². The Hall–Kier alpha value is -0.160. The van der Waals surface area contributed by atoms with E-state index in [0.717, 1.165) is 13.1 Å². The van der Waals surface area contributed by atoms with Crippen molar-refractivity contribution in [2.24, 2.45) is 0 Å². The van der Waals surface area contributed by atoms with Crippen LogP contribution in [-0.4, -0.2) is 73.4 Å². The zero-order valence-corrected chi connectivity index (χ0v) is 12.7. The summed E-state index contributed by atoms with van der Waals surface area (Å²) in [4.78, 5) is 4.62. The Morgan fingerprint density at radius 3 is 2.22 bits per heavy atom. The summed E-state index contributed by atoms with van der Waals surface area (Å²) in [5.74, 6) is 0. The van der Waals surface area contributed by atoms with Crippen LogP contribution >= 0.6 is 0 Å². The molecule has 0 bridgehead atoms. The number of hydrogen-bond acceptors (Lipinski definition) is 4. The first-order valence-electron chi connectivity index (χ1n) is 7.13. The molecule has 0 saturated heterocycles. The molecule has 0 aromatic rings. The SMILES string of the molecule is CC(C)NCC(O)CN(C)CC1(N(C)C)CCC1. The monoisotopic (exact) mass is 257 g/mol. The zero-order chi connectivity index (χ0) is 13.8.